The van der Waals surface area contributed by atoms with Gasteiger partial charge in [-0.25, -0.2) is 20.8 Å². The van der Waals surface area contributed by atoms with Crippen LogP contribution >= 0.6 is 23.1 Å². The van der Waals surface area contributed by atoms with E-state index in [9.17, 15) is 0 Å². The van der Waals surface area contributed by atoms with Crippen LogP contribution < -0.4 is 11.3 Å². The molecule has 0 aromatic carbocycles. The highest BCUT2D eigenvalue weighted by Crippen LogP contribution is 2.24. The molecule has 0 aliphatic carbocycles. The quantitative estimate of drug-likeness (QED) is 0.374. The van der Waals surface area contributed by atoms with Crippen molar-refractivity contribution in [3.63, 3.8) is 0 Å². The molecule has 5 nitrogen and oxygen atoms in total. The van der Waals surface area contributed by atoms with Gasteiger partial charge in [0.1, 0.15) is 0 Å². The van der Waals surface area contributed by atoms with Crippen LogP contribution in [0.3, 0.4) is 0 Å². The molecule has 0 saturated carbocycles. The molecule has 0 aliphatic rings. The Labute approximate surface area is 102 Å². The van der Waals surface area contributed by atoms with E-state index in [0.717, 1.165) is 26.5 Å². The number of rotatable bonds is 4. The number of nitrogens with zero attached hydrogens (tertiary/aromatic N) is 3. The average Bonchev–Trinajstić information content (AvgIpc) is 2.76. The van der Waals surface area contributed by atoms with E-state index >= 15 is 0 Å². The van der Waals surface area contributed by atoms with Crippen LogP contribution in [-0.4, -0.2) is 15.0 Å². The fourth-order valence-electron chi connectivity index (χ4n) is 1.03. The van der Waals surface area contributed by atoms with Crippen LogP contribution in [0.4, 0.5) is 5.13 Å². The first kappa shape index (κ1) is 11.3. The van der Waals surface area contributed by atoms with Gasteiger partial charge in [-0.15, -0.1) is 11.3 Å². The summed E-state index contributed by atoms with van der Waals surface area (Å²) in [4.78, 5) is 13.7. The summed E-state index contributed by atoms with van der Waals surface area (Å²) in [5, 5.41) is 1.50. The summed E-state index contributed by atoms with van der Waals surface area (Å²) in [6, 6.07) is 0. The lowest BCUT2D eigenvalue weighted by Gasteiger charge is -1.97. The van der Waals surface area contributed by atoms with Gasteiger partial charge in [-0.3, -0.25) is 5.43 Å². The lowest BCUT2D eigenvalue weighted by atomic mass is 10.4. The minimum absolute atomic E-state index is 0.723. The number of nitrogens with one attached hydrogen (secondary N) is 1. The monoisotopic (exact) mass is 253 g/mol. The molecule has 0 spiro atoms. The van der Waals surface area contributed by atoms with Crippen molar-refractivity contribution in [1.29, 1.82) is 0 Å². The maximum absolute atomic E-state index is 5.25. The molecule has 0 fully saturated rings. The van der Waals surface area contributed by atoms with E-state index in [1.807, 2.05) is 19.3 Å². The predicted molar refractivity (Wildman–Crippen MR) is 66.3 cm³/mol. The molecule has 2 aromatic rings. The molecule has 0 saturated heterocycles. The standard InChI is InChI=1S/C9H11N5S2/c1-6-2-11-8(12-3-6)15-5-7-4-13-9(14-10)16-7/h2-4H,5,10H2,1H3,(H,13,14). The van der Waals surface area contributed by atoms with E-state index in [0.29, 0.717) is 0 Å². The van der Waals surface area contributed by atoms with Gasteiger partial charge in [0.25, 0.3) is 0 Å². The zero-order chi connectivity index (χ0) is 11.4. The van der Waals surface area contributed by atoms with Crippen LogP contribution in [-0.2, 0) is 5.75 Å². The number of nitrogen functional groups attached to an aromatic ring is 1. The van der Waals surface area contributed by atoms with Gasteiger partial charge >= 0.3 is 0 Å². The molecule has 2 rings (SSSR count). The fourth-order valence-corrected chi connectivity index (χ4v) is 2.56. The molecule has 0 aliphatic heterocycles. The third-order valence-electron chi connectivity index (χ3n) is 1.78. The third-order valence-corrected chi connectivity index (χ3v) is 3.81. The minimum Gasteiger partial charge on any atom is -0.300 e. The van der Waals surface area contributed by atoms with Gasteiger partial charge in [0.05, 0.1) is 0 Å². The Kier molecular flexibility index (Phi) is 3.70. The number of thioether (sulfide) groups is 1. The van der Waals surface area contributed by atoms with E-state index in [1.165, 1.54) is 11.3 Å². The lowest BCUT2D eigenvalue weighted by Crippen LogP contribution is -2.05. The summed E-state index contributed by atoms with van der Waals surface area (Å²) in [6.07, 6.45) is 5.44. The van der Waals surface area contributed by atoms with E-state index < -0.39 is 0 Å². The van der Waals surface area contributed by atoms with E-state index in [4.69, 9.17) is 5.84 Å². The Hall–Kier alpha value is -1.18. The molecule has 0 bridgehead atoms. The first-order valence-electron chi connectivity index (χ1n) is 4.60. The Morgan fingerprint density at radius 1 is 1.31 bits per heavy atom. The lowest BCUT2D eigenvalue weighted by molar-refractivity contribution is 0.950. The van der Waals surface area contributed by atoms with Crippen molar-refractivity contribution >= 4 is 28.2 Å². The molecule has 0 amide bonds. The SMILES string of the molecule is Cc1cnc(SCc2cnc(NN)s2)nc1. The molecular weight excluding hydrogens is 242 g/mol. The van der Waals surface area contributed by atoms with E-state index in [-0.39, 0.29) is 0 Å². The Bertz CT molecular complexity index is 453. The molecule has 0 radical (unpaired) electrons. The molecule has 7 heteroatoms. The van der Waals surface area contributed by atoms with Crippen molar-refractivity contribution < 1.29 is 0 Å². The summed E-state index contributed by atoms with van der Waals surface area (Å²) in [5.74, 6) is 6.06. The Morgan fingerprint density at radius 2 is 2.06 bits per heavy atom. The van der Waals surface area contributed by atoms with Gasteiger partial charge in [0, 0.05) is 29.2 Å². The van der Waals surface area contributed by atoms with Gasteiger partial charge in [-0.1, -0.05) is 11.8 Å². The maximum Gasteiger partial charge on any atom is 0.197 e. The molecule has 16 heavy (non-hydrogen) atoms. The summed E-state index contributed by atoms with van der Waals surface area (Å²) >= 11 is 3.12. The van der Waals surface area contributed by atoms with Crippen LogP contribution in [0.15, 0.2) is 23.7 Å². The van der Waals surface area contributed by atoms with Crippen LogP contribution in [0.2, 0.25) is 0 Å². The highest BCUT2D eigenvalue weighted by molar-refractivity contribution is 7.98. The summed E-state index contributed by atoms with van der Waals surface area (Å²) in [5.41, 5.74) is 3.59. The summed E-state index contributed by atoms with van der Waals surface area (Å²) < 4.78 is 0. The molecular formula is C9H11N5S2. The zero-order valence-corrected chi connectivity index (χ0v) is 10.3. The topological polar surface area (TPSA) is 76.7 Å². The van der Waals surface area contributed by atoms with Gasteiger partial charge in [-0.05, 0) is 12.5 Å². The second-order valence-electron chi connectivity index (χ2n) is 3.11. The van der Waals surface area contributed by atoms with Crippen molar-refractivity contribution in [2.75, 3.05) is 5.43 Å². The zero-order valence-electron chi connectivity index (χ0n) is 8.67. The van der Waals surface area contributed by atoms with Crippen molar-refractivity contribution in [2.45, 2.75) is 17.8 Å². The van der Waals surface area contributed by atoms with Crippen molar-refractivity contribution in [3.8, 4) is 0 Å². The van der Waals surface area contributed by atoms with Crippen LogP contribution in [0.1, 0.15) is 10.4 Å². The fraction of sp³-hybridized carbons (Fsp3) is 0.222. The van der Waals surface area contributed by atoms with Gasteiger partial charge < -0.3 is 0 Å². The first-order chi connectivity index (χ1) is 7.78. The first-order valence-corrected chi connectivity index (χ1v) is 6.41. The largest absolute Gasteiger partial charge is 0.300 e. The van der Waals surface area contributed by atoms with Crippen LogP contribution in [0, 0.1) is 6.92 Å². The molecule has 3 N–H and O–H groups in total. The number of nitrogens with two attached hydrogens (primary N) is 1. The van der Waals surface area contributed by atoms with Crippen molar-refractivity contribution in [2.24, 2.45) is 5.84 Å². The van der Waals surface area contributed by atoms with Crippen LogP contribution in [0.25, 0.3) is 0 Å². The van der Waals surface area contributed by atoms with Gasteiger partial charge in [0.2, 0.25) is 0 Å². The molecule has 0 unspecified atom stereocenters. The number of hydrazine groups is 1. The van der Waals surface area contributed by atoms with E-state index in [2.05, 4.69) is 20.4 Å². The minimum atomic E-state index is 0.723. The second-order valence-corrected chi connectivity index (χ2v) is 5.17. The molecule has 2 heterocycles. The smallest absolute Gasteiger partial charge is 0.197 e. The van der Waals surface area contributed by atoms with E-state index in [1.54, 1.807) is 18.0 Å². The van der Waals surface area contributed by atoms with Gasteiger partial charge in [-0.2, -0.15) is 0 Å². The number of thiazole rings is 1. The Morgan fingerprint density at radius 3 is 2.69 bits per heavy atom. The predicted octanol–water partition coefficient (Wildman–Crippen LogP) is 1.82. The van der Waals surface area contributed by atoms with Crippen molar-refractivity contribution in [1.82, 2.24) is 15.0 Å². The van der Waals surface area contributed by atoms with Crippen LogP contribution in [0.5, 0.6) is 0 Å². The number of aromatic nitrogens is 3. The molecule has 0 atom stereocenters. The summed E-state index contributed by atoms with van der Waals surface area (Å²) in [6.45, 7) is 1.97. The number of hydrogen-bond acceptors (Lipinski definition) is 7. The van der Waals surface area contributed by atoms with Gasteiger partial charge in [0.15, 0.2) is 10.3 Å². The highest BCUT2D eigenvalue weighted by Gasteiger charge is 2.03. The molecule has 2 aromatic heterocycles. The normalized spacial score (nSPS) is 10.4. The highest BCUT2D eigenvalue weighted by atomic mass is 32.2. The second kappa shape index (κ2) is 5.24. The number of anilines is 1. The maximum atomic E-state index is 5.25. The van der Waals surface area contributed by atoms with Crippen molar-refractivity contribution in [3.05, 3.63) is 29.0 Å². The Balaban J connectivity index is 1.94. The number of aryl methyl sites for hydroxylation is 1. The number of hydrogen-bond donors (Lipinski definition) is 2. The molecule has 84 valence electrons. The average molecular weight is 253 g/mol. The third kappa shape index (κ3) is 2.91. The summed E-state index contributed by atoms with van der Waals surface area (Å²) in [7, 11) is 0.